The van der Waals surface area contributed by atoms with Crippen LogP contribution in [0, 0.1) is 5.92 Å². The lowest BCUT2D eigenvalue weighted by Gasteiger charge is -2.46. The third-order valence-corrected chi connectivity index (χ3v) is 4.12. The molecule has 0 amide bonds. The first-order valence-electron chi connectivity index (χ1n) is 6.73. The van der Waals surface area contributed by atoms with Crippen LogP contribution in [-0.2, 0) is 0 Å². The Morgan fingerprint density at radius 1 is 1.18 bits per heavy atom. The molecule has 0 aliphatic carbocycles. The largest absolute Gasteiger partial charge is 0.354 e. The number of piperazine rings is 1. The summed E-state index contributed by atoms with van der Waals surface area (Å²) in [6.45, 7) is 7.15. The first-order chi connectivity index (χ1) is 8.33. The third-order valence-electron chi connectivity index (χ3n) is 4.12. The fourth-order valence-electron chi connectivity index (χ4n) is 3.12. The number of rotatable bonds is 1. The van der Waals surface area contributed by atoms with Gasteiger partial charge in [0.15, 0.2) is 0 Å². The topological polar surface area (TPSA) is 19.4 Å². The Hall–Kier alpha value is -1.09. The van der Waals surface area contributed by atoms with Crippen LogP contribution >= 0.6 is 0 Å². The zero-order valence-electron chi connectivity index (χ0n) is 10.5. The van der Waals surface area contributed by atoms with Crippen molar-refractivity contribution in [1.29, 1.82) is 0 Å². The van der Waals surface area contributed by atoms with Crippen LogP contribution in [-0.4, -0.2) is 42.1 Å². The number of fused-ring (bicyclic) bond motifs is 1. The third kappa shape index (κ3) is 2.29. The molecule has 3 heterocycles. The maximum Gasteiger partial charge on any atom is 0.128 e. The van der Waals surface area contributed by atoms with E-state index in [-0.39, 0.29) is 0 Å². The second-order valence-electron chi connectivity index (χ2n) is 5.47. The summed E-state index contributed by atoms with van der Waals surface area (Å²) in [4.78, 5) is 9.58. The van der Waals surface area contributed by atoms with Crippen LogP contribution in [0.3, 0.4) is 0 Å². The van der Waals surface area contributed by atoms with E-state index >= 15 is 0 Å². The molecule has 0 N–H and O–H groups in total. The highest BCUT2D eigenvalue weighted by atomic mass is 15.3. The average Bonchev–Trinajstić information content (AvgIpc) is 2.39. The van der Waals surface area contributed by atoms with Gasteiger partial charge in [-0.25, -0.2) is 4.98 Å². The highest BCUT2D eigenvalue weighted by Gasteiger charge is 2.31. The van der Waals surface area contributed by atoms with Crippen LogP contribution in [0.4, 0.5) is 5.82 Å². The minimum atomic E-state index is 0.752. The lowest BCUT2D eigenvalue weighted by molar-refractivity contribution is 0.102. The van der Waals surface area contributed by atoms with Gasteiger partial charge >= 0.3 is 0 Å². The van der Waals surface area contributed by atoms with Crippen molar-refractivity contribution in [2.24, 2.45) is 5.92 Å². The number of nitrogens with zero attached hydrogens (tertiary/aromatic N) is 3. The van der Waals surface area contributed by atoms with Gasteiger partial charge in [0.2, 0.25) is 0 Å². The molecule has 17 heavy (non-hydrogen) atoms. The standard InChI is InChI=1S/C14H21N3/c1-12-5-6-13-11-17(9-8-16(13)10-12)14-4-2-3-7-15-14/h2-4,7,12-13H,5-6,8-11H2,1H3/t12-,13-/m0/s1. The maximum atomic E-state index is 4.46. The quantitative estimate of drug-likeness (QED) is 0.737. The Bertz CT molecular complexity index is 365. The van der Waals surface area contributed by atoms with Gasteiger partial charge in [-0.05, 0) is 30.9 Å². The summed E-state index contributed by atoms with van der Waals surface area (Å²) >= 11 is 0. The predicted octanol–water partition coefficient (Wildman–Crippen LogP) is 2.00. The van der Waals surface area contributed by atoms with Crippen molar-refractivity contribution in [3.8, 4) is 0 Å². The van der Waals surface area contributed by atoms with E-state index in [1.165, 1.54) is 25.9 Å². The van der Waals surface area contributed by atoms with Gasteiger partial charge in [-0.15, -0.1) is 0 Å². The number of anilines is 1. The number of hydrogen-bond donors (Lipinski definition) is 0. The fourth-order valence-corrected chi connectivity index (χ4v) is 3.12. The van der Waals surface area contributed by atoms with E-state index in [2.05, 4.69) is 33.8 Å². The Labute approximate surface area is 103 Å². The van der Waals surface area contributed by atoms with Crippen LogP contribution in [0.2, 0.25) is 0 Å². The summed E-state index contributed by atoms with van der Waals surface area (Å²) < 4.78 is 0. The number of pyridine rings is 1. The first-order valence-corrected chi connectivity index (χ1v) is 6.73. The highest BCUT2D eigenvalue weighted by Crippen LogP contribution is 2.26. The van der Waals surface area contributed by atoms with E-state index in [1.54, 1.807) is 0 Å². The molecule has 0 radical (unpaired) electrons. The van der Waals surface area contributed by atoms with E-state index in [4.69, 9.17) is 0 Å². The number of piperidine rings is 1. The molecule has 2 atom stereocenters. The smallest absolute Gasteiger partial charge is 0.128 e. The van der Waals surface area contributed by atoms with Gasteiger partial charge in [-0.2, -0.15) is 0 Å². The Morgan fingerprint density at radius 3 is 2.94 bits per heavy atom. The molecule has 1 aromatic heterocycles. The second kappa shape index (κ2) is 4.65. The van der Waals surface area contributed by atoms with Crippen molar-refractivity contribution in [2.75, 3.05) is 31.1 Å². The van der Waals surface area contributed by atoms with Crippen molar-refractivity contribution < 1.29 is 0 Å². The molecular formula is C14H21N3. The van der Waals surface area contributed by atoms with Crippen LogP contribution in [0.15, 0.2) is 24.4 Å². The number of aromatic nitrogens is 1. The minimum Gasteiger partial charge on any atom is -0.354 e. The summed E-state index contributed by atoms with van der Waals surface area (Å²) in [5.74, 6) is 2.03. The molecule has 0 aromatic carbocycles. The van der Waals surface area contributed by atoms with Gasteiger partial charge in [0.1, 0.15) is 5.82 Å². The highest BCUT2D eigenvalue weighted by molar-refractivity contribution is 5.38. The van der Waals surface area contributed by atoms with E-state index in [0.29, 0.717) is 0 Å². The lowest BCUT2D eigenvalue weighted by atomic mass is 9.92. The molecule has 0 unspecified atom stereocenters. The zero-order chi connectivity index (χ0) is 11.7. The normalized spacial score (nSPS) is 30.1. The van der Waals surface area contributed by atoms with Gasteiger partial charge < -0.3 is 4.90 Å². The van der Waals surface area contributed by atoms with Gasteiger partial charge in [0.05, 0.1) is 0 Å². The van der Waals surface area contributed by atoms with Crippen LogP contribution in [0.1, 0.15) is 19.8 Å². The molecule has 2 fully saturated rings. The Morgan fingerprint density at radius 2 is 2.12 bits per heavy atom. The van der Waals surface area contributed by atoms with Gasteiger partial charge in [-0.1, -0.05) is 13.0 Å². The van der Waals surface area contributed by atoms with Gasteiger partial charge in [-0.3, -0.25) is 4.90 Å². The minimum absolute atomic E-state index is 0.752. The summed E-state index contributed by atoms with van der Waals surface area (Å²) in [5, 5.41) is 0. The fraction of sp³-hybridized carbons (Fsp3) is 0.643. The average molecular weight is 231 g/mol. The van der Waals surface area contributed by atoms with Crippen molar-refractivity contribution in [2.45, 2.75) is 25.8 Å². The monoisotopic (exact) mass is 231 g/mol. The molecule has 2 saturated heterocycles. The van der Waals surface area contributed by atoms with Crippen LogP contribution < -0.4 is 4.90 Å². The summed E-state index contributed by atoms with van der Waals surface area (Å²) in [6.07, 6.45) is 4.63. The molecule has 3 heteroatoms. The summed E-state index contributed by atoms with van der Waals surface area (Å²) in [5.41, 5.74) is 0. The maximum absolute atomic E-state index is 4.46. The lowest BCUT2D eigenvalue weighted by Crippen LogP contribution is -2.56. The molecule has 3 nitrogen and oxygen atoms in total. The molecule has 0 spiro atoms. The van der Waals surface area contributed by atoms with Crippen molar-refractivity contribution in [3.05, 3.63) is 24.4 Å². The second-order valence-corrected chi connectivity index (χ2v) is 5.47. The van der Waals surface area contributed by atoms with E-state index in [9.17, 15) is 0 Å². The Kier molecular flexibility index (Phi) is 3.02. The van der Waals surface area contributed by atoms with Crippen molar-refractivity contribution >= 4 is 5.82 Å². The predicted molar refractivity (Wildman–Crippen MR) is 70.2 cm³/mol. The zero-order valence-corrected chi connectivity index (χ0v) is 10.5. The van der Waals surface area contributed by atoms with E-state index in [0.717, 1.165) is 30.9 Å². The molecule has 2 aliphatic heterocycles. The summed E-state index contributed by atoms with van der Waals surface area (Å²) in [6, 6.07) is 6.95. The first kappa shape index (κ1) is 11.0. The molecule has 0 saturated carbocycles. The Balaban J connectivity index is 1.68. The molecule has 2 aliphatic rings. The van der Waals surface area contributed by atoms with Crippen LogP contribution in [0.25, 0.3) is 0 Å². The molecule has 1 aromatic rings. The molecular weight excluding hydrogens is 210 g/mol. The van der Waals surface area contributed by atoms with E-state index < -0.39 is 0 Å². The van der Waals surface area contributed by atoms with Crippen LogP contribution in [0.5, 0.6) is 0 Å². The van der Waals surface area contributed by atoms with Gasteiger partial charge in [0, 0.05) is 38.4 Å². The number of hydrogen-bond acceptors (Lipinski definition) is 3. The van der Waals surface area contributed by atoms with Crippen molar-refractivity contribution in [1.82, 2.24) is 9.88 Å². The molecule has 92 valence electrons. The van der Waals surface area contributed by atoms with E-state index in [1.807, 2.05) is 12.3 Å². The van der Waals surface area contributed by atoms with Gasteiger partial charge in [0.25, 0.3) is 0 Å². The SMILES string of the molecule is C[C@H]1CC[C@H]2CN(c3ccccn3)CCN2C1. The molecule has 3 rings (SSSR count). The van der Waals surface area contributed by atoms with Crippen molar-refractivity contribution in [3.63, 3.8) is 0 Å². The summed E-state index contributed by atoms with van der Waals surface area (Å²) in [7, 11) is 0. The molecule has 0 bridgehead atoms.